The van der Waals surface area contributed by atoms with Gasteiger partial charge in [0.15, 0.2) is 0 Å². The van der Waals surface area contributed by atoms with Gasteiger partial charge in [0.25, 0.3) is 0 Å². The van der Waals surface area contributed by atoms with Gasteiger partial charge in [-0.2, -0.15) is 0 Å². The van der Waals surface area contributed by atoms with Crippen LogP contribution in [0.15, 0.2) is 36.4 Å². The van der Waals surface area contributed by atoms with Crippen molar-refractivity contribution in [3.8, 4) is 0 Å². The molecule has 1 fully saturated rings. The molecule has 0 heterocycles. The molecule has 1 aliphatic rings. The molecular formula is C16H16O. The van der Waals surface area contributed by atoms with Gasteiger partial charge < -0.3 is 4.79 Å². The van der Waals surface area contributed by atoms with Crippen LogP contribution in [0.4, 0.5) is 0 Å². The minimum atomic E-state index is -0.201. The van der Waals surface area contributed by atoms with Crippen LogP contribution in [0, 0.1) is 6.92 Å². The molecule has 2 aromatic rings. The first kappa shape index (κ1) is 10.5. The molecule has 0 unspecified atom stereocenters. The minimum Gasteiger partial charge on any atom is -0.302 e. The highest BCUT2D eigenvalue weighted by atomic mass is 16.1. The zero-order valence-electron chi connectivity index (χ0n) is 10.1. The molecule has 3 rings (SSSR count). The van der Waals surface area contributed by atoms with Crippen molar-refractivity contribution >= 4 is 17.1 Å². The summed E-state index contributed by atoms with van der Waals surface area (Å²) in [5.74, 6) is 0. The lowest BCUT2D eigenvalue weighted by Crippen LogP contribution is -2.35. The molecule has 1 heteroatoms. The van der Waals surface area contributed by atoms with E-state index in [9.17, 15) is 4.79 Å². The van der Waals surface area contributed by atoms with Crippen molar-refractivity contribution in [2.45, 2.75) is 31.6 Å². The lowest BCUT2D eigenvalue weighted by atomic mass is 9.64. The van der Waals surface area contributed by atoms with Gasteiger partial charge in [0, 0.05) is 0 Å². The van der Waals surface area contributed by atoms with E-state index < -0.39 is 0 Å². The van der Waals surface area contributed by atoms with Crippen LogP contribution < -0.4 is 0 Å². The van der Waals surface area contributed by atoms with Gasteiger partial charge in [-0.1, -0.05) is 42.8 Å². The first-order chi connectivity index (χ1) is 8.27. The fourth-order valence-corrected chi connectivity index (χ4v) is 2.91. The third-order valence-corrected chi connectivity index (χ3v) is 4.15. The van der Waals surface area contributed by atoms with E-state index in [2.05, 4.69) is 43.3 Å². The number of hydrogen-bond acceptors (Lipinski definition) is 1. The average molecular weight is 224 g/mol. The summed E-state index contributed by atoms with van der Waals surface area (Å²) in [5, 5.41) is 2.53. The third-order valence-electron chi connectivity index (χ3n) is 4.15. The van der Waals surface area contributed by atoms with Crippen LogP contribution in [0.1, 0.15) is 30.4 Å². The fourth-order valence-electron chi connectivity index (χ4n) is 2.91. The summed E-state index contributed by atoms with van der Waals surface area (Å²) in [7, 11) is 0. The molecule has 0 N–H and O–H groups in total. The fraction of sp³-hybridized carbons (Fsp3) is 0.312. The summed E-state index contributed by atoms with van der Waals surface area (Å²) in [5.41, 5.74) is 2.30. The molecule has 0 spiro atoms. The van der Waals surface area contributed by atoms with Crippen LogP contribution >= 0.6 is 0 Å². The molecular weight excluding hydrogens is 208 g/mol. The third kappa shape index (κ3) is 1.42. The summed E-state index contributed by atoms with van der Waals surface area (Å²) in [6.07, 6.45) is 4.33. The normalized spacial score (nSPS) is 17.7. The average Bonchev–Trinajstić information content (AvgIpc) is 2.30. The number of carbonyl (C=O) groups excluding carboxylic acids is 1. The van der Waals surface area contributed by atoms with Crippen LogP contribution in [-0.4, -0.2) is 6.29 Å². The SMILES string of the molecule is Cc1cccc2c(C3(C=O)CCC3)cccc12. The Morgan fingerprint density at radius 3 is 2.41 bits per heavy atom. The van der Waals surface area contributed by atoms with E-state index in [1.54, 1.807) is 0 Å². The highest BCUT2D eigenvalue weighted by molar-refractivity contribution is 5.92. The van der Waals surface area contributed by atoms with Crippen molar-refractivity contribution in [1.29, 1.82) is 0 Å². The van der Waals surface area contributed by atoms with Crippen LogP contribution in [0.3, 0.4) is 0 Å². The summed E-state index contributed by atoms with van der Waals surface area (Å²) in [6.45, 7) is 2.13. The summed E-state index contributed by atoms with van der Waals surface area (Å²) >= 11 is 0. The molecule has 0 amide bonds. The number of rotatable bonds is 2. The van der Waals surface area contributed by atoms with Crippen molar-refractivity contribution in [2.24, 2.45) is 0 Å². The number of fused-ring (bicyclic) bond motifs is 1. The van der Waals surface area contributed by atoms with Gasteiger partial charge in [-0.05, 0) is 41.7 Å². The second-order valence-electron chi connectivity index (χ2n) is 5.10. The van der Waals surface area contributed by atoms with E-state index >= 15 is 0 Å². The van der Waals surface area contributed by atoms with Crippen molar-refractivity contribution < 1.29 is 4.79 Å². The topological polar surface area (TPSA) is 17.1 Å². The Kier molecular flexibility index (Phi) is 2.29. The van der Waals surface area contributed by atoms with E-state index in [4.69, 9.17) is 0 Å². The number of carbonyl (C=O) groups is 1. The van der Waals surface area contributed by atoms with Gasteiger partial charge in [0.05, 0.1) is 5.41 Å². The Hall–Kier alpha value is -1.63. The van der Waals surface area contributed by atoms with Crippen LogP contribution in [0.2, 0.25) is 0 Å². The first-order valence-corrected chi connectivity index (χ1v) is 6.22. The smallest absolute Gasteiger partial charge is 0.130 e. The Bertz CT molecular complexity index is 579. The number of benzene rings is 2. The van der Waals surface area contributed by atoms with Gasteiger partial charge in [-0.15, -0.1) is 0 Å². The quantitative estimate of drug-likeness (QED) is 0.710. The molecule has 1 nitrogen and oxygen atoms in total. The standard InChI is InChI=1S/C16H16O/c1-12-5-2-7-14-13(12)6-3-8-15(14)16(11-17)9-4-10-16/h2-3,5-8,11H,4,9-10H2,1H3. The maximum absolute atomic E-state index is 11.4. The molecule has 0 saturated heterocycles. The highest BCUT2D eigenvalue weighted by Gasteiger charge is 2.39. The molecule has 0 aliphatic heterocycles. The maximum atomic E-state index is 11.4. The summed E-state index contributed by atoms with van der Waals surface area (Å²) in [4.78, 5) is 11.4. The zero-order chi connectivity index (χ0) is 11.9. The van der Waals surface area contributed by atoms with Crippen LogP contribution in [-0.2, 0) is 10.2 Å². The predicted molar refractivity (Wildman–Crippen MR) is 70.3 cm³/mol. The largest absolute Gasteiger partial charge is 0.302 e. The Morgan fingerprint density at radius 1 is 1.06 bits per heavy atom. The zero-order valence-corrected chi connectivity index (χ0v) is 10.1. The predicted octanol–water partition coefficient (Wildman–Crippen LogP) is 3.77. The molecule has 86 valence electrons. The van der Waals surface area contributed by atoms with E-state index in [1.807, 2.05) is 0 Å². The lowest BCUT2D eigenvalue weighted by Gasteiger charge is -2.38. The second kappa shape index (κ2) is 3.69. The molecule has 0 radical (unpaired) electrons. The van der Waals surface area contributed by atoms with Crippen molar-refractivity contribution in [3.63, 3.8) is 0 Å². The number of aldehydes is 1. The van der Waals surface area contributed by atoms with E-state index in [-0.39, 0.29) is 5.41 Å². The molecule has 17 heavy (non-hydrogen) atoms. The molecule has 0 aromatic heterocycles. The van der Waals surface area contributed by atoms with E-state index in [0.29, 0.717) is 0 Å². The van der Waals surface area contributed by atoms with Gasteiger partial charge in [-0.25, -0.2) is 0 Å². The van der Waals surface area contributed by atoms with E-state index in [1.165, 1.54) is 28.3 Å². The van der Waals surface area contributed by atoms with Gasteiger partial charge in [0.2, 0.25) is 0 Å². The molecule has 1 aliphatic carbocycles. The number of hydrogen-bond donors (Lipinski definition) is 0. The van der Waals surface area contributed by atoms with Crippen molar-refractivity contribution in [2.75, 3.05) is 0 Å². The van der Waals surface area contributed by atoms with Gasteiger partial charge in [-0.3, -0.25) is 0 Å². The maximum Gasteiger partial charge on any atom is 0.130 e. The Balaban J connectivity index is 2.30. The van der Waals surface area contributed by atoms with Crippen molar-refractivity contribution in [3.05, 3.63) is 47.5 Å². The second-order valence-corrected chi connectivity index (χ2v) is 5.10. The first-order valence-electron chi connectivity index (χ1n) is 6.22. The molecule has 0 bridgehead atoms. The monoisotopic (exact) mass is 224 g/mol. The van der Waals surface area contributed by atoms with Gasteiger partial charge >= 0.3 is 0 Å². The highest BCUT2D eigenvalue weighted by Crippen LogP contribution is 2.44. The van der Waals surface area contributed by atoms with Crippen LogP contribution in [0.5, 0.6) is 0 Å². The Morgan fingerprint density at radius 2 is 1.76 bits per heavy atom. The summed E-state index contributed by atoms with van der Waals surface area (Å²) < 4.78 is 0. The molecule has 0 atom stereocenters. The number of aryl methyl sites for hydroxylation is 1. The van der Waals surface area contributed by atoms with Crippen LogP contribution in [0.25, 0.3) is 10.8 Å². The summed E-state index contributed by atoms with van der Waals surface area (Å²) in [6, 6.07) is 12.7. The minimum absolute atomic E-state index is 0.201. The lowest BCUT2D eigenvalue weighted by molar-refractivity contribution is -0.115. The van der Waals surface area contributed by atoms with E-state index in [0.717, 1.165) is 19.1 Å². The van der Waals surface area contributed by atoms with Crippen molar-refractivity contribution in [1.82, 2.24) is 0 Å². The molecule has 2 aromatic carbocycles. The molecule has 1 saturated carbocycles. The Labute approximate surface area is 101 Å². The van der Waals surface area contributed by atoms with Gasteiger partial charge in [0.1, 0.15) is 6.29 Å².